The van der Waals surface area contributed by atoms with Crippen molar-refractivity contribution in [2.45, 2.75) is 50.0 Å². The molecule has 0 amide bonds. The predicted octanol–water partition coefficient (Wildman–Crippen LogP) is 1.95. The predicted molar refractivity (Wildman–Crippen MR) is 82.3 cm³/mol. The molecular weight excluding hydrogens is 286 g/mol. The Bertz CT molecular complexity index is 677. The van der Waals surface area contributed by atoms with Gasteiger partial charge in [-0.15, -0.1) is 0 Å². The van der Waals surface area contributed by atoms with Gasteiger partial charge in [0.1, 0.15) is 6.61 Å². The van der Waals surface area contributed by atoms with Crippen molar-refractivity contribution in [2.75, 3.05) is 6.61 Å². The van der Waals surface area contributed by atoms with Gasteiger partial charge in [-0.1, -0.05) is 24.7 Å². The zero-order chi connectivity index (χ0) is 15.5. The van der Waals surface area contributed by atoms with Crippen LogP contribution < -0.4 is 4.72 Å². The Morgan fingerprint density at radius 3 is 2.57 bits per heavy atom. The third kappa shape index (κ3) is 3.85. The Hall–Kier alpha value is -1.35. The standard InChI is InChI=1S/C16H21NO3S/c1-13-12-15(8-7-14(13)6-5-11-18)21(19,20)17-16(2)9-3-4-10-16/h7-8,12,17-18H,3-4,9-11H2,1-2H3. The van der Waals surface area contributed by atoms with E-state index in [-0.39, 0.29) is 17.0 Å². The van der Waals surface area contributed by atoms with Crippen LogP contribution in [0.15, 0.2) is 23.1 Å². The average Bonchev–Trinajstić information content (AvgIpc) is 2.82. The molecule has 0 heterocycles. The second-order valence-corrected chi connectivity index (χ2v) is 7.49. The van der Waals surface area contributed by atoms with Gasteiger partial charge in [-0.2, -0.15) is 0 Å². The van der Waals surface area contributed by atoms with E-state index in [0.29, 0.717) is 0 Å². The fourth-order valence-corrected chi connectivity index (χ4v) is 4.27. The molecule has 1 aromatic carbocycles. The van der Waals surface area contributed by atoms with E-state index in [0.717, 1.165) is 36.8 Å². The molecule has 4 nitrogen and oxygen atoms in total. The molecule has 1 aliphatic carbocycles. The molecule has 0 radical (unpaired) electrons. The lowest BCUT2D eigenvalue weighted by atomic mass is 10.0. The van der Waals surface area contributed by atoms with Crippen LogP contribution in [0.2, 0.25) is 0 Å². The van der Waals surface area contributed by atoms with Gasteiger partial charge in [-0.3, -0.25) is 0 Å². The molecule has 1 aromatic rings. The first-order chi connectivity index (χ1) is 9.86. The third-order valence-electron chi connectivity index (χ3n) is 3.90. The zero-order valence-electron chi connectivity index (χ0n) is 12.4. The number of benzene rings is 1. The van der Waals surface area contributed by atoms with Gasteiger partial charge in [0.05, 0.1) is 4.90 Å². The van der Waals surface area contributed by atoms with Gasteiger partial charge in [0.15, 0.2) is 0 Å². The molecule has 0 spiro atoms. The third-order valence-corrected chi connectivity index (χ3v) is 5.53. The molecule has 0 aliphatic heterocycles. The van der Waals surface area contributed by atoms with Crippen LogP contribution in [0, 0.1) is 18.8 Å². The summed E-state index contributed by atoms with van der Waals surface area (Å²) in [4.78, 5) is 0.266. The van der Waals surface area contributed by atoms with Crippen molar-refractivity contribution in [3.8, 4) is 11.8 Å². The van der Waals surface area contributed by atoms with E-state index in [1.54, 1.807) is 18.2 Å². The molecule has 1 aliphatic rings. The van der Waals surface area contributed by atoms with Crippen LogP contribution in [-0.2, 0) is 10.0 Å². The molecule has 0 saturated heterocycles. The number of hydrogen-bond acceptors (Lipinski definition) is 3. The van der Waals surface area contributed by atoms with Crippen molar-refractivity contribution in [3.05, 3.63) is 29.3 Å². The van der Waals surface area contributed by atoms with E-state index in [2.05, 4.69) is 16.6 Å². The monoisotopic (exact) mass is 307 g/mol. The maximum Gasteiger partial charge on any atom is 0.241 e. The van der Waals surface area contributed by atoms with Gasteiger partial charge in [0.25, 0.3) is 0 Å². The van der Waals surface area contributed by atoms with E-state index < -0.39 is 10.0 Å². The highest BCUT2D eigenvalue weighted by atomic mass is 32.2. The molecule has 1 saturated carbocycles. The largest absolute Gasteiger partial charge is 0.384 e. The summed E-state index contributed by atoms with van der Waals surface area (Å²) in [6.07, 6.45) is 3.89. The van der Waals surface area contributed by atoms with Crippen LogP contribution in [0.4, 0.5) is 0 Å². The number of sulfonamides is 1. The maximum absolute atomic E-state index is 12.5. The Kier molecular flexibility index (Phi) is 4.72. The summed E-state index contributed by atoms with van der Waals surface area (Å²) < 4.78 is 27.8. The summed E-state index contributed by atoms with van der Waals surface area (Å²) in [5.74, 6) is 5.38. The van der Waals surface area contributed by atoms with Crippen molar-refractivity contribution in [1.82, 2.24) is 4.72 Å². The molecule has 2 N–H and O–H groups in total. The van der Waals surface area contributed by atoms with Gasteiger partial charge >= 0.3 is 0 Å². The minimum absolute atomic E-state index is 0.209. The number of aliphatic hydroxyl groups excluding tert-OH is 1. The van der Waals surface area contributed by atoms with Crippen LogP contribution in [-0.4, -0.2) is 25.7 Å². The summed E-state index contributed by atoms with van der Waals surface area (Å²) in [6, 6.07) is 4.88. The van der Waals surface area contributed by atoms with Crippen molar-refractivity contribution in [2.24, 2.45) is 0 Å². The Morgan fingerprint density at radius 1 is 1.33 bits per heavy atom. The van der Waals surface area contributed by atoms with Crippen LogP contribution in [0.25, 0.3) is 0 Å². The Balaban J connectivity index is 2.26. The second-order valence-electron chi connectivity index (χ2n) is 5.81. The van der Waals surface area contributed by atoms with E-state index in [9.17, 15) is 8.42 Å². The molecule has 5 heteroatoms. The fraction of sp³-hybridized carbons (Fsp3) is 0.500. The lowest BCUT2D eigenvalue weighted by molar-refractivity contribution is 0.350. The van der Waals surface area contributed by atoms with Gasteiger partial charge in [0, 0.05) is 11.1 Å². The SMILES string of the molecule is Cc1cc(S(=O)(=O)NC2(C)CCCC2)ccc1C#CCO. The van der Waals surface area contributed by atoms with Gasteiger partial charge in [0.2, 0.25) is 10.0 Å². The van der Waals surface area contributed by atoms with Gasteiger partial charge in [-0.05, 0) is 50.5 Å². The summed E-state index contributed by atoms with van der Waals surface area (Å²) in [5, 5.41) is 8.71. The zero-order valence-corrected chi connectivity index (χ0v) is 13.3. The molecule has 0 atom stereocenters. The first kappa shape index (κ1) is 16.0. The number of aliphatic hydroxyl groups is 1. The molecule has 114 valence electrons. The summed E-state index contributed by atoms with van der Waals surface area (Å²) in [7, 11) is -3.51. The highest BCUT2D eigenvalue weighted by molar-refractivity contribution is 7.89. The first-order valence-electron chi connectivity index (χ1n) is 7.11. The van der Waals surface area contributed by atoms with Crippen molar-refractivity contribution in [1.29, 1.82) is 0 Å². The quantitative estimate of drug-likeness (QED) is 0.839. The lowest BCUT2D eigenvalue weighted by Crippen LogP contribution is -2.43. The Morgan fingerprint density at radius 2 is 2.00 bits per heavy atom. The number of nitrogens with one attached hydrogen (secondary N) is 1. The topological polar surface area (TPSA) is 66.4 Å². The van der Waals surface area contributed by atoms with Crippen LogP contribution in [0.3, 0.4) is 0 Å². The fourth-order valence-electron chi connectivity index (χ4n) is 2.72. The highest BCUT2D eigenvalue weighted by Gasteiger charge is 2.33. The first-order valence-corrected chi connectivity index (χ1v) is 8.59. The maximum atomic E-state index is 12.5. The number of rotatable bonds is 3. The lowest BCUT2D eigenvalue weighted by Gasteiger charge is -2.25. The molecule has 0 bridgehead atoms. The van der Waals surface area contributed by atoms with Crippen LogP contribution in [0.5, 0.6) is 0 Å². The smallest absolute Gasteiger partial charge is 0.241 e. The average molecular weight is 307 g/mol. The highest BCUT2D eigenvalue weighted by Crippen LogP contribution is 2.30. The normalized spacial score (nSPS) is 17.3. The molecule has 0 unspecified atom stereocenters. The van der Waals surface area contributed by atoms with E-state index >= 15 is 0 Å². The van der Waals surface area contributed by atoms with Crippen molar-refractivity contribution in [3.63, 3.8) is 0 Å². The number of hydrogen-bond donors (Lipinski definition) is 2. The summed E-state index contributed by atoms with van der Waals surface area (Å²) in [5.41, 5.74) is 1.19. The van der Waals surface area contributed by atoms with Gasteiger partial charge in [-0.25, -0.2) is 13.1 Å². The van der Waals surface area contributed by atoms with Crippen molar-refractivity contribution >= 4 is 10.0 Å². The Labute approximate surface area is 126 Å². The summed E-state index contributed by atoms with van der Waals surface area (Å²) >= 11 is 0. The minimum Gasteiger partial charge on any atom is -0.384 e. The molecule has 1 fully saturated rings. The number of aryl methyl sites for hydroxylation is 1. The van der Waals surface area contributed by atoms with Crippen molar-refractivity contribution < 1.29 is 13.5 Å². The van der Waals surface area contributed by atoms with E-state index in [4.69, 9.17) is 5.11 Å². The minimum atomic E-state index is -3.51. The van der Waals surface area contributed by atoms with Crippen LogP contribution in [0.1, 0.15) is 43.7 Å². The summed E-state index contributed by atoms with van der Waals surface area (Å²) in [6.45, 7) is 3.57. The van der Waals surface area contributed by atoms with E-state index in [1.165, 1.54) is 0 Å². The molecule has 0 aromatic heterocycles. The second kappa shape index (κ2) is 6.18. The van der Waals surface area contributed by atoms with Crippen LogP contribution >= 0.6 is 0 Å². The van der Waals surface area contributed by atoms with E-state index in [1.807, 2.05) is 13.8 Å². The molecule has 2 rings (SSSR count). The van der Waals surface area contributed by atoms with Gasteiger partial charge < -0.3 is 5.11 Å². The molecular formula is C16H21NO3S. The molecule has 21 heavy (non-hydrogen) atoms.